The fourth-order valence-corrected chi connectivity index (χ4v) is 0.881. The summed E-state index contributed by atoms with van der Waals surface area (Å²) >= 11 is 0. The zero-order valence-electron chi connectivity index (χ0n) is 7.63. The van der Waals surface area contributed by atoms with Crippen LogP contribution in [0, 0.1) is 0 Å². The standard InChI is InChI=1S/C8H15NO3/c1-4-6(9)7(8(10)11)5(2)12-3/h5H,4,9H2,1-3H3,(H,10,11)/b7-6-. The highest BCUT2D eigenvalue weighted by Crippen LogP contribution is 2.10. The number of aliphatic carboxylic acids is 1. The quantitative estimate of drug-likeness (QED) is 0.615. The van der Waals surface area contributed by atoms with Gasteiger partial charge in [0.2, 0.25) is 0 Å². The molecule has 0 amide bonds. The van der Waals surface area contributed by atoms with E-state index in [2.05, 4.69) is 0 Å². The minimum atomic E-state index is -1.01. The van der Waals surface area contributed by atoms with Crippen LogP contribution in [0.15, 0.2) is 11.3 Å². The predicted molar refractivity (Wildman–Crippen MR) is 45.6 cm³/mol. The first-order valence-corrected chi connectivity index (χ1v) is 3.79. The minimum Gasteiger partial charge on any atom is -0.478 e. The Kier molecular flexibility index (Phi) is 4.36. The first kappa shape index (κ1) is 11.0. The minimum absolute atomic E-state index is 0.153. The van der Waals surface area contributed by atoms with E-state index in [0.717, 1.165) is 0 Å². The van der Waals surface area contributed by atoms with Crippen molar-refractivity contribution in [3.8, 4) is 0 Å². The molecule has 0 aliphatic rings. The molecular weight excluding hydrogens is 158 g/mol. The molecule has 0 aromatic heterocycles. The molecule has 0 aromatic rings. The number of carboxylic acids is 1. The molecule has 0 aliphatic heterocycles. The van der Waals surface area contributed by atoms with Gasteiger partial charge in [-0.2, -0.15) is 0 Å². The van der Waals surface area contributed by atoms with E-state index in [1.54, 1.807) is 13.8 Å². The Bertz CT molecular complexity index is 198. The number of carboxylic acid groups (broad SMARTS) is 1. The Balaban J connectivity index is 4.77. The fourth-order valence-electron chi connectivity index (χ4n) is 0.881. The molecule has 0 aromatic carbocycles. The molecule has 1 atom stereocenters. The maximum atomic E-state index is 10.7. The lowest BCUT2D eigenvalue weighted by molar-refractivity contribution is -0.134. The highest BCUT2D eigenvalue weighted by Gasteiger charge is 2.18. The van der Waals surface area contributed by atoms with Gasteiger partial charge in [-0.3, -0.25) is 0 Å². The third-order valence-electron chi connectivity index (χ3n) is 1.72. The van der Waals surface area contributed by atoms with Gasteiger partial charge in [-0.1, -0.05) is 6.92 Å². The third-order valence-corrected chi connectivity index (χ3v) is 1.72. The number of methoxy groups -OCH3 is 1. The van der Waals surface area contributed by atoms with Crippen LogP contribution in [0.1, 0.15) is 20.3 Å². The van der Waals surface area contributed by atoms with Crippen LogP contribution in [0.2, 0.25) is 0 Å². The fraction of sp³-hybridized carbons (Fsp3) is 0.625. The van der Waals surface area contributed by atoms with Crippen LogP contribution in [0.4, 0.5) is 0 Å². The van der Waals surface area contributed by atoms with Crippen molar-refractivity contribution in [1.82, 2.24) is 0 Å². The van der Waals surface area contributed by atoms with Crippen molar-refractivity contribution < 1.29 is 14.6 Å². The van der Waals surface area contributed by atoms with Gasteiger partial charge in [0.1, 0.15) is 0 Å². The summed E-state index contributed by atoms with van der Waals surface area (Å²) in [6, 6.07) is 0. The molecule has 70 valence electrons. The van der Waals surface area contributed by atoms with Crippen molar-refractivity contribution >= 4 is 5.97 Å². The zero-order chi connectivity index (χ0) is 9.72. The Morgan fingerprint density at radius 3 is 2.42 bits per heavy atom. The summed E-state index contributed by atoms with van der Waals surface area (Å²) in [7, 11) is 1.45. The molecule has 0 bridgehead atoms. The number of hydrogen-bond donors (Lipinski definition) is 2. The largest absolute Gasteiger partial charge is 0.478 e. The van der Waals surface area contributed by atoms with E-state index in [9.17, 15) is 4.79 Å². The van der Waals surface area contributed by atoms with Crippen molar-refractivity contribution in [3.05, 3.63) is 11.3 Å². The summed E-state index contributed by atoms with van der Waals surface area (Å²) in [5, 5.41) is 8.76. The molecule has 0 saturated carbocycles. The molecule has 0 radical (unpaired) electrons. The summed E-state index contributed by atoms with van der Waals surface area (Å²) < 4.78 is 4.88. The summed E-state index contributed by atoms with van der Waals surface area (Å²) in [4.78, 5) is 10.7. The van der Waals surface area contributed by atoms with Crippen molar-refractivity contribution in [2.75, 3.05) is 7.11 Å². The number of nitrogens with two attached hydrogens (primary N) is 1. The Morgan fingerprint density at radius 2 is 2.17 bits per heavy atom. The van der Waals surface area contributed by atoms with Crippen LogP contribution in [0.3, 0.4) is 0 Å². The van der Waals surface area contributed by atoms with Crippen LogP contribution in [-0.2, 0) is 9.53 Å². The summed E-state index contributed by atoms with van der Waals surface area (Å²) in [6.45, 7) is 3.46. The van der Waals surface area contributed by atoms with Gasteiger partial charge in [0.05, 0.1) is 11.7 Å². The normalized spacial score (nSPS) is 15.2. The molecule has 12 heavy (non-hydrogen) atoms. The second kappa shape index (κ2) is 4.77. The van der Waals surface area contributed by atoms with E-state index < -0.39 is 12.1 Å². The van der Waals surface area contributed by atoms with Gasteiger partial charge >= 0.3 is 5.97 Å². The first-order chi connectivity index (χ1) is 5.54. The van der Waals surface area contributed by atoms with E-state index in [-0.39, 0.29) is 5.57 Å². The van der Waals surface area contributed by atoms with E-state index in [0.29, 0.717) is 12.1 Å². The number of rotatable bonds is 4. The molecule has 3 N–H and O–H groups in total. The van der Waals surface area contributed by atoms with Crippen LogP contribution < -0.4 is 5.73 Å². The first-order valence-electron chi connectivity index (χ1n) is 3.79. The zero-order valence-corrected chi connectivity index (χ0v) is 7.63. The Labute approximate surface area is 72.0 Å². The van der Waals surface area contributed by atoms with Crippen LogP contribution in [0.25, 0.3) is 0 Å². The van der Waals surface area contributed by atoms with Crippen LogP contribution in [-0.4, -0.2) is 24.3 Å². The molecule has 1 unspecified atom stereocenters. The SMILES string of the molecule is CC/C(N)=C(/C(=O)O)C(C)OC. The Hall–Kier alpha value is -1.03. The van der Waals surface area contributed by atoms with Gasteiger partial charge in [0.15, 0.2) is 0 Å². The highest BCUT2D eigenvalue weighted by atomic mass is 16.5. The molecule has 0 spiro atoms. The number of allylic oxidation sites excluding steroid dienone is 1. The van der Waals surface area contributed by atoms with Crippen LogP contribution >= 0.6 is 0 Å². The molecular formula is C8H15NO3. The lowest BCUT2D eigenvalue weighted by Crippen LogP contribution is -2.21. The number of carbonyl (C=O) groups is 1. The smallest absolute Gasteiger partial charge is 0.335 e. The van der Waals surface area contributed by atoms with Crippen LogP contribution in [0.5, 0.6) is 0 Å². The third kappa shape index (κ3) is 2.54. The van der Waals surface area contributed by atoms with Crippen molar-refractivity contribution in [2.45, 2.75) is 26.4 Å². The van der Waals surface area contributed by atoms with Gasteiger partial charge in [-0.25, -0.2) is 4.79 Å². The van der Waals surface area contributed by atoms with Gasteiger partial charge in [0.25, 0.3) is 0 Å². The van der Waals surface area contributed by atoms with E-state index >= 15 is 0 Å². The average molecular weight is 173 g/mol. The number of ether oxygens (including phenoxy) is 1. The molecule has 0 rings (SSSR count). The van der Waals surface area contributed by atoms with E-state index in [4.69, 9.17) is 15.6 Å². The van der Waals surface area contributed by atoms with Gasteiger partial charge < -0.3 is 15.6 Å². The van der Waals surface area contributed by atoms with Crippen molar-refractivity contribution in [1.29, 1.82) is 0 Å². The topological polar surface area (TPSA) is 72.6 Å². The van der Waals surface area contributed by atoms with Gasteiger partial charge in [-0.05, 0) is 13.3 Å². The summed E-state index contributed by atoms with van der Waals surface area (Å²) in [5.74, 6) is -1.01. The van der Waals surface area contributed by atoms with Crippen molar-refractivity contribution in [2.24, 2.45) is 5.73 Å². The maximum Gasteiger partial charge on any atom is 0.335 e. The second-order valence-electron chi connectivity index (χ2n) is 2.48. The molecule has 4 nitrogen and oxygen atoms in total. The molecule has 0 saturated heterocycles. The lowest BCUT2D eigenvalue weighted by Gasteiger charge is -2.12. The Morgan fingerprint density at radius 1 is 1.67 bits per heavy atom. The molecule has 0 fully saturated rings. The maximum absolute atomic E-state index is 10.7. The second-order valence-corrected chi connectivity index (χ2v) is 2.48. The predicted octanol–water partition coefficient (Wildman–Crippen LogP) is 0.729. The van der Waals surface area contributed by atoms with E-state index in [1.165, 1.54) is 7.11 Å². The van der Waals surface area contributed by atoms with Crippen molar-refractivity contribution in [3.63, 3.8) is 0 Å². The number of hydrogen-bond acceptors (Lipinski definition) is 3. The molecule has 0 aliphatic carbocycles. The van der Waals surface area contributed by atoms with E-state index in [1.807, 2.05) is 0 Å². The molecule has 4 heteroatoms. The monoisotopic (exact) mass is 173 g/mol. The summed E-state index contributed by atoms with van der Waals surface area (Å²) in [6.07, 6.45) is 0.0671. The lowest BCUT2D eigenvalue weighted by atomic mass is 10.1. The molecule has 0 heterocycles. The average Bonchev–Trinajstić information content (AvgIpc) is 2.03. The van der Waals surface area contributed by atoms with Gasteiger partial charge in [0, 0.05) is 12.8 Å². The van der Waals surface area contributed by atoms with Gasteiger partial charge in [-0.15, -0.1) is 0 Å². The highest BCUT2D eigenvalue weighted by molar-refractivity contribution is 5.88. The summed E-state index contributed by atoms with van der Waals surface area (Å²) in [5.41, 5.74) is 6.04.